The number of carbonyl (C=O) groups excluding carboxylic acids is 1. The van der Waals surface area contributed by atoms with Crippen molar-refractivity contribution in [2.75, 3.05) is 13.1 Å². The third-order valence-corrected chi connectivity index (χ3v) is 4.08. The standard InChI is InChI=1S/C14H28N2O/c1-4-13(5-2)16-14(17)10-15-9-12-8-6-7-11(12)3/h11-13,15H,4-10H2,1-3H3,(H,16,17). The number of hydrogen-bond donors (Lipinski definition) is 2. The molecule has 2 unspecified atom stereocenters. The van der Waals surface area contributed by atoms with Crippen molar-refractivity contribution in [3.8, 4) is 0 Å². The van der Waals surface area contributed by atoms with Crippen LogP contribution in [0.4, 0.5) is 0 Å². The van der Waals surface area contributed by atoms with Crippen molar-refractivity contribution >= 4 is 5.91 Å². The van der Waals surface area contributed by atoms with E-state index in [4.69, 9.17) is 0 Å². The summed E-state index contributed by atoms with van der Waals surface area (Å²) in [6.45, 7) is 8.02. The summed E-state index contributed by atoms with van der Waals surface area (Å²) in [6, 6.07) is 0.342. The molecule has 1 aliphatic carbocycles. The molecule has 0 bridgehead atoms. The predicted octanol–water partition coefficient (Wildman–Crippen LogP) is 2.32. The van der Waals surface area contributed by atoms with Gasteiger partial charge in [-0.05, 0) is 37.6 Å². The van der Waals surface area contributed by atoms with Gasteiger partial charge in [0.25, 0.3) is 0 Å². The van der Waals surface area contributed by atoms with E-state index >= 15 is 0 Å². The zero-order valence-electron chi connectivity index (χ0n) is 11.6. The summed E-state index contributed by atoms with van der Waals surface area (Å²) in [5.74, 6) is 1.74. The first-order valence-electron chi connectivity index (χ1n) is 7.17. The zero-order chi connectivity index (χ0) is 12.7. The minimum absolute atomic E-state index is 0.143. The Labute approximate surface area is 106 Å². The average Bonchev–Trinajstić information content (AvgIpc) is 2.72. The van der Waals surface area contributed by atoms with Crippen LogP contribution in [0.2, 0.25) is 0 Å². The molecule has 0 spiro atoms. The van der Waals surface area contributed by atoms with E-state index in [1.807, 2.05) is 0 Å². The molecule has 1 rings (SSSR count). The van der Waals surface area contributed by atoms with E-state index in [2.05, 4.69) is 31.4 Å². The van der Waals surface area contributed by atoms with E-state index in [9.17, 15) is 4.79 Å². The molecule has 17 heavy (non-hydrogen) atoms. The van der Waals surface area contributed by atoms with Gasteiger partial charge in [0.15, 0.2) is 0 Å². The van der Waals surface area contributed by atoms with E-state index < -0.39 is 0 Å². The van der Waals surface area contributed by atoms with Crippen LogP contribution in [0.25, 0.3) is 0 Å². The minimum atomic E-state index is 0.143. The SMILES string of the molecule is CCC(CC)NC(=O)CNCC1CCCC1C. The molecule has 1 saturated carbocycles. The van der Waals surface area contributed by atoms with Crippen LogP contribution in [0.5, 0.6) is 0 Å². The van der Waals surface area contributed by atoms with Gasteiger partial charge in [0.2, 0.25) is 5.91 Å². The second kappa shape index (κ2) is 7.70. The Balaban J connectivity index is 2.11. The van der Waals surface area contributed by atoms with Crippen molar-refractivity contribution in [2.24, 2.45) is 11.8 Å². The van der Waals surface area contributed by atoms with E-state index in [0.717, 1.165) is 31.2 Å². The van der Waals surface area contributed by atoms with Crippen LogP contribution in [0, 0.1) is 11.8 Å². The number of hydrogen-bond acceptors (Lipinski definition) is 2. The van der Waals surface area contributed by atoms with Crippen LogP contribution in [0.3, 0.4) is 0 Å². The summed E-state index contributed by atoms with van der Waals surface area (Å²) in [4.78, 5) is 11.7. The van der Waals surface area contributed by atoms with Crippen molar-refractivity contribution < 1.29 is 4.79 Å². The first-order valence-corrected chi connectivity index (χ1v) is 7.17. The van der Waals surface area contributed by atoms with Crippen molar-refractivity contribution in [3.63, 3.8) is 0 Å². The first-order chi connectivity index (χ1) is 8.17. The first kappa shape index (κ1) is 14.5. The molecule has 0 aromatic carbocycles. The second-order valence-electron chi connectivity index (χ2n) is 5.38. The summed E-state index contributed by atoms with van der Waals surface area (Å²) in [6.07, 6.45) is 6.06. The molecule has 0 saturated heterocycles. The molecule has 0 aliphatic heterocycles. The molecule has 1 fully saturated rings. The number of rotatable bonds is 7. The van der Waals surface area contributed by atoms with Gasteiger partial charge in [-0.15, -0.1) is 0 Å². The number of carbonyl (C=O) groups is 1. The van der Waals surface area contributed by atoms with Crippen LogP contribution in [-0.2, 0) is 4.79 Å². The molecular formula is C14H28N2O. The fraction of sp³-hybridized carbons (Fsp3) is 0.929. The van der Waals surface area contributed by atoms with Crippen LogP contribution >= 0.6 is 0 Å². The maximum Gasteiger partial charge on any atom is 0.234 e. The van der Waals surface area contributed by atoms with Gasteiger partial charge in [-0.1, -0.05) is 33.6 Å². The van der Waals surface area contributed by atoms with Crippen molar-refractivity contribution in [1.29, 1.82) is 0 Å². The summed E-state index contributed by atoms with van der Waals surface area (Å²) >= 11 is 0. The summed E-state index contributed by atoms with van der Waals surface area (Å²) in [7, 11) is 0. The van der Waals surface area contributed by atoms with Crippen molar-refractivity contribution in [2.45, 2.75) is 58.9 Å². The topological polar surface area (TPSA) is 41.1 Å². The molecule has 0 aromatic rings. The van der Waals surface area contributed by atoms with E-state index in [-0.39, 0.29) is 5.91 Å². The fourth-order valence-electron chi connectivity index (χ4n) is 2.67. The highest BCUT2D eigenvalue weighted by atomic mass is 16.1. The number of amides is 1. The Morgan fingerprint density at radius 2 is 2.00 bits per heavy atom. The largest absolute Gasteiger partial charge is 0.352 e. The van der Waals surface area contributed by atoms with Gasteiger partial charge in [-0.25, -0.2) is 0 Å². The normalized spacial score (nSPS) is 24.2. The number of nitrogens with one attached hydrogen (secondary N) is 2. The molecule has 1 aliphatic rings. The lowest BCUT2D eigenvalue weighted by Gasteiger charge is -2.17. The molecule has 0 aromatic heterocycles. The van der Waals surface area contributed by atoms with Gasteiger partial charge in [0, 0.05) is 6.04 Å². The van der Waals surface area contributed by atoms with E-state index in [1.165, 1.54) is 19.3 Å². The lowest BCUT2D eigenvalue weighted by Crippen LogP contribution is -2.41. The molecule has 0 heterocycles. The fourth-order valence-corrected chi connectivity index (χ4v) is 2.67. The quantitative estimate of drug-likeness (QED) is 0.717. The third-order valence-electron chi connectivity index (χ3n) is 4.08. The molecule has 1 amide bonds. The summed E-state index contributed by atoms with van der Waals surface area (Å²) in [5.41, 5.74) is 0. The van der Waals surface area contributed by atoms with Crippen LogP contribution in [0.15, 0.2) is 0 Å². The molecule has 0 radical (unpaired) electrons. The highest BCUT2D eigenvalue weighted by molar-refractivity contribution is 5.78. The maximum atomic E-state index is 11.7. The summed E-state index contributed by atoms with van der Waals surface area (Å²) in [5, 5.41) is 6.35. The minimum Gasteiger partial charge on any atom is -0.352 e. The van der Waals surface area contributed by atoms with Gasteiger partial charge in [-0.2, -0.15) is 0 Å². The molecule has 3 nitrogen and oxygen atoms in total. The maximum absolute atomic E-state index is 11.7. The van der Waals surface area contributed by atoms with Crippen molar-refractivity contribution in [3.05, 3.63) is 0 Å². The van der Waals surface area contributed by atoms with Gasteiger partial charge in [-0.3, -0.25) is 4.79 Å². The Bertz CT molecular complexity index is 226. The van der Waals surface area contributed by atoms with Crippen LogP contribution in [0.1, 0.15) is 52.9 Å². The Hall–Kier alpha value is -0.570. The smallest absolute Gasteiger partial charge is 0.234 e. The third kappa shape index (κ3) is 5.07. The second-order valence-corrected chi connectivity index (χ2v) is 5.38. The molecule has 3 heteroatoms. The lowest BCUT2D eigenvalue weighted by molar-refractivity contribution is -0.121. The highest BCUT2D eigenvalue weighted by Crippen LogP contribution is 2.30. The van der Waals surface area contributed by atoms with Gasteiger partial charge in [0.05, 0.1) is 6.54 Å². The van der Waals surface area contributed by atoms with E-state index in [1.54, 1.807) is 0 Å². The molecule has 100 valence electrons. The van der Waals surface area contributed by atoms with Gasteiger partial charge in [0.1, 0.15) is 0 Å². The highest BCUT2D eigenvalue weighted by Gasteiger charge is 2.22. The lowest BCUT2D eigenvalue weighted by atomic mass is 9.98. The van der Waals surface area contributed by atoms with Gasteiger partial charge >= 0.3 is 0 Å². The average molecular weight is 240 g/mol. The van der Waals surface area contributed by atoms with Gasteiger partial charge < -0.3 is 10.6 Å². The zero-order valence-corrected chi connectivity index (χ0v) is 11.6. The Morgan fingerprint density at radius 3 is 2.53 bits per heavy atom. The van der Waals surface area contributed by atoms with Crippen LogP contribution < -0.4 is 10.6 Å². The molecule has 2 N–H and O–H groups in total. The predicted molar refractivity (Wildman–Crippen MR) is 71.9 cm³/mol. The Kier molecular flexibility index (Phi) is 6.56. The van der Waals surface area contributed by atoms with Crippen LogP contribution in [-0.4, -0.2) is 25.0 Å². The van der Waals surface area contributed by atoms with E-state index in [0.29, 0.717) is 12.6 Å². The molecular weight excluding hydrogens is 212 g/mol. The molecule has 2 atom stereocenters. The summed E-state index contributed by atoms with van der Waals surface area (Å²) < 4.78 is 0. The van der Waals surface area contributed by atoms with Crippen molar-refractivity contribution in [1.82, 2.24) is 10.6 Å². The Morgan fingerprint density at radius 1 is 1.29 bits per heavy atom. The monoisotopic (exact) mass is 240 g/mol.